The summed E-state index contributed by atoms with van der Waals surface area (Å²) < 4.78 is 0. The molecule has 0 amide bonds. The number of hydrogen-bond acceptors (Lipinski definition) is 2. The number of piperidine rings is 2. The number of aliphatic hydroxyl groups is 1. The van der Waals surface area contributed by atoms with Crippen LogP contribution >= 0.6 is 12.4 Å². The SMILES string of the molecule is Cl.OC1CC2CCCC(C1)N2. The van der Waals surface area contributed by atoms with E-state index in [0.29, 0.717) is 12.1 Å². The second-order valence-corrected chi connectivity index (χ2v) is 3.62. The smallest absolute Gasteiger partial charge is 0.0569 e. The van der Waals surface area contributed by atoms with Gasteiger partial charge >= 0.3 is 0 Å². The molecule has 0 spiro atoms. The van der Waals surface area contributed by atoms with E-state index in [2.05, 4.69) is 5.32 Å². The molecule has 2 rings (SSSR count). The summed E-state index contributed by atoms with van der Waals surface area (Å²) in [5.74, 6) is 0. The first-order valence-corrected chi connectivity index (χ1v) is 4.29. The highest BCUT2D eigenvalue weighted by molar-refractivity contribution is 5.85. The summed E-state index contributed by atoms with van der Waals surface area (Å²) in [5.41, 5.74) is 0. The summed E-state index contributed by atoms with van der Waals surface area (Å²) >= 11 is 0. The van der Waals surface area contributed by atoms with Gasteiger partial charge in [0.15, 0.2) is 0 Å². The third kappa shape index (κ3) is 2.08. The summed E-state index contributed by atoms with van der Waals surface area (Å²) in [6.07, 6.45) is 5.85. The number of aliphatic hydroxyl groups excluding tert-OH is 1. The van der Waals surface area contributed by atoms with Gasteiger partial charge in [0.25, 0.3) is 0 Å². The fraction of sp³-hybridized carbons (Fsp3) is 1.00. The van der Waals surface area contributed by atoms with Gasteiger partial charge in [-0.3, -0.25) is 0 Å². The van der Waals surface area contributed by atoms with Crippen molar-refractivity contribution in [2.75, 3.05) is 0 Å². The summed E-state index contributed by atoms with van der Waals surface area (Å²) in [6, 6.07) is 1.25. The van der Waals surface area contributed by atoms with Crippen molar-refractivity contribution in [2.45, 2.75) is 50.3 Å². The van der Waals surface area contributed by atoms with Crippen LogP contribution in [0, 0.1) is 0 Å². The standard InChI is InChI=1S/C8H15NO.ClH/c10-8-4-6-2-1-3-7(5-8)9-6;/h6-10H,1-5H2;1H. The van der Waals surface area contributed by atoms with Gasteiger partial charge in [-0.05, 0) is 25.7 Å². The van der Waals surface area contributed by atoms with Crippen molar-refractivity contribution < 1.29 is 5.11 Å². The minimum absolute atomic E-state index is 0. The molecule has 2 saturated heterocycles. The minimum atomic E-state index is -0.0171. The molecule has 0 saturated carbocycles. The van der Waals surface area contributed by atoms with Crippen LogP contribution < -0.4 is 5.32 Å². The Balaban J connectivity index is 0.000000605. The van der Waals surface area contributed by atoms with E-state index in [1.165, 1.54) is 19.3 Å². The van der Waals surface area contributed by atoms with E-state index in [0.717, 1.165) is 12.8 Å². The molecule has 2 atom stereocenters. The lowest BCUT2D eigenvalue weighted by atomic mass is 9.85. The number of fused-ring (bicyclic) bond motifs is 2. The maximum absolute atomic E-state index is 9.38. The van der Waals surface area contributed by atoms with Gasteiger partial charge in [-0.25, -0.2) is 0 Å². The van der Waals surface area contributed by atoms with Gasteiger partial charge in [0.2, 0.25) is 0 Å². The first-order valence-electron chi connectivity index (χ1n) is 4.29. The lowest BCUT2D eigenvalue weighted by Crippen LogP contribution is -2.50. The van der Waals surface area contributed by atoms with E-state index < -0.39 is 0 Å². The molecule has 2 aliphatic heterocycles. The highest BCUT2D eigenvalue weighted by atomic mass is 35.5. The molecule has 2 bridgehead atoms. The van der Waals surface area contributed by atoms with Gasteiger partial charge in [-0.15, -0.1) is 12.4 Å². The topological polar surface area (TPSA) is 32.3 Å². The van der Waals surface area contributed by atoms with Crippen LogP contribution in [-0.2, 0) is 0 Å². The zero-order valence-corrected chi connectivity index (χ0v) is 7.44. The Hall–Kier alpha value is 0.210. The molecule has 2 N–H and O–H groups in total. The van der Waals surface area contributed by atoms with Crippen LogP contribution in [0.2, 0.25) is 0 Å². The minimum Gasteiger partial charge on any atom is -0.393 e. The second-order valence-electron chi connectivity index (χ2n) is 3.62. The Bertz CT molecular complexity index is 115. The zero-order valence-electron chi connectivity index (χ0n) is 6.62. The first-order chi connectivity index (χ1) is 4.84. The van der Waals surface area contributed by atoms with Crippen molar-refractivity contribution in [2.24, 2.45) is 0 Å². The number of halogens is 1. The third-order valence-electron chi connectivity index (χ3n) is 2.69. The van der Waals surface area contributed by atoms with Crippen molar-refractivity contribution in [1.82, 2.24) is 5.32 Å². The van der Waals surface area contributed by atoms with Crippen LogP contribution in [0.15, 0.2) is 0 Å². The molecular formula is C8H16ClNO. The fourth-order valence-corrected chi connectivity index (χ4v) is 2.24. The maximum atomic E-state index is 9.38. The zero-order chi connectivity index (χ0) is 6.97. The van der Waals surface area contributed by atoms with Gasteiger partial charge in [0.1, 0.15) is 0 Å². The van der Waals surface area contributed by atoms with Crippen LogP contribution in [0.25, 0.3) is 0 Å². The molecule has 2 nitrogen and oxygen atoms in total. The van der Waals surface area contributed by atoms with E-state index in [1.807, 2.05) is 0 Å². The number of nitrogens with one attached hydrogen (secondary N) is 1. The molecule has 66 valence electrons. The molecule has 0 aromatic heterocycles. The van der Waals surface area contributed by atoms with Crippen LogP contribution in [0.3, 0.4) is 0 Å². The average Bonchev–Trinajstić information content (AvgIpc) is 1.85. The Kier molecular flexibility index (Phi) is 3.16. The lowest BCUT2D eigenvalue weighted by Gasteiger charge is -2.38. The molecule has 0 aromatic rings. The summed E-state index contributed by atoms with van der Waals surface area (Å²) in [4.78, 5) is 0. The molecule has 2 heterocycles. The van der Waals surface area contributed by atoms with Gasteiger partial charge in [0.05, 0.1) is 6.10 Å². The second kappa shape index (κ2) is 3.74. The van der Waals surface area contributed by atoms with E-state index in [4.69, 9.17) is 0 Å². The van der Waals surface area contributed by atoms with Gasteiger partial charge in [-0.2, -0.15) is 0 Å². The average molecular weight is 178 g/mol. The molecule has 3 heteroatoms. The van der Waals surface area contributed by atoms with Gasteiger partial charge in [-0.1, -0.05) is 6.42 Å². The Morgan fingerprint density at radius 2 is 1.64 bits per heavy atom. The van der Waals surface area contributed by atoms with E-state index >= 15 is 0 Å². The van der Waals surface area contributed by atoms with Crippen LogP contribution in [0.4, 0.5) is 0 Å². The van der Waals surface area contributed by atoms with E-state index in [1.54, 1.807) is 0 Å². The monoisotopic (exact) mass is 177 g/mol. The highest BCUT2D eigenvalue weighted by Gasteiger charge is 2.29. The van der Waals surface area contributed by atoms with E-state index in [-0.39, 0.29) is 18.5 Å². The van der Waals surface area contributed by atoms with Crippen LogP contribution in [0.1, 0.15) is 32.1 Å². The quantitative estimate of drug-likeness (QED) is 0.581. The van der Waals surface area contributed by atoms with Gasteiger partial charge in [0, 0.05) is 12.1 Å². The summed E-state index contributed by atoms with van der Waals surface area (Å²) in [5, 5.41) is 12.9. The highest BCUT2D eigenvalue weighted by Crippen LogP contribution is 2.25. The Morgan fingerprint density at radius 1 is 1.09 bits per heavy atom. The summed E-state index contributed by atoms with van der Waals surface area (Å²) in [6.45, 7) is 0. The van der Waals surface area contributed by atoms with Crippen LogP contribution in [-0.4, -0.2) is 23.3 Å². The fourth-order valence-electron chi connectivity index (χ4n) is 2.24. The molecule has 0 aliphatic carbocycles. The molecule has 0 aromatic carbocycles. The summed E-state index contributed by atoms with van der Waals surface area (Å²) in [7, 11) is 0. The number of rotatable bonds is 0. The van der Waals surface area contributed by atoms with Crippen LogP contribution in [0.5, 0.6) is 0 Å². The molecule has 2 aliphatic rings. The molecular weight excluding hydrogens is 162 g/mol. The Morgan fingerprint density at radius 3 is 2.18 bits per heavy atom. The predicted octanol–water partition coefficient (Wildman–Crippen LogP) is 1.07. The Labute approximate surface area is 73.8 Å². The van der Waals surface area contributed by atoms with Crippen molar-refractivity contribution in [1.29, 1.82) is 0 Å². The van der Waals surface area contributed by atoms with E-state index in [9.17, 15) is 5.11 Å². The number of hydrogen-bond donors (Lipinski definition) is 2. The maximum Gasteiger partial charge on any atom is 0.0569 e. The first kappa shape index (κ1) is 9.30. The molecule has 11 heavy (non-hydrogen) atoms. The lowest BCUT2D eigenvalue weighted by molar-refractivity contribution is 0.0741. The third-order valence-corrected chi connectivity index (χ3v) is 2.69. The molecule has 2 unspecified atom stereocenters. The largest absolute Gasteiger partial charge is 0.393 e. The van der Waals surface area contributed by atoms with Gasteiger partial charge < -0.3 is 10.4 Å². The van der Waals surface area contributed by atoms with Crippen molar-refractivity contribution >= 4 is 12.4 Å². The van der Waals surface area contributed by atoms with Crippen molar-refractivity contribution in [3.63, 3.8) is 0 Å². The molecule has 0 radical (unpaired) electrons. The van der Waals surface area contributed by atoms with Crippen molar-refractivity contribution in [3.8, 4) is 0 Å². The normalized spacial score (nSPS) is 42.8. The predicted molar refractivity (Wildman–Crippen MR) is 47.1 cm³/mol. The van der Waals surface area contributed by atoms with Crippen molar-refractivity contribution in [3.05, 3.63) is 0 Å². The molecule has 2 fully saturated rings.